The first kappa shape index (κ1) is 20.5. The van der Waals surface area contributed by atoms with Crippen LogP contribution >= 0.6 is 0 Å². The number of unbranched alkanes of at least 4 members (excludes halogenated alkanes) is 5. The molecular formula is C20H32O4. The van der Waals surface area contributed by atoms with Crippen LogP contribution in [0.3, 0.4) is 0 Å². The van der Waals surface area contributed by atoms with Crippen LogP contribution in [-0.2, 0) is 16.0 Å². The first-order chi connectivity index (χ1) is 11.5. The highest BCUT2D eigenvalue weighted by atomic mass is 16.6. The first-order valence-electron chi connectivity index (χ1n) is 9.05. The average molecular weight is 336 g/mol. The molecule has 136 valence electrons. The third-order valence-corrected chi connectivity index (χ3v) is 3.91. The number of aliphatic hydroxyl groups is 1. The van der Waals surface area contributed by atoms with Crippen LogP contribution in [0.15, 0.2) is 24.3 Å². The second-order valence-corrected chi connectivity index (χ2v) is 6.58. The Labute approximate surface area is 146 Å². The number of rotatable bonds is 12. The minimum absolute atomic E-state index is 0.301. The van der Waals surface area contributed by atoms with Crippen molar-refractivity contribution in [2.45, 2.75) is 71.3 Å². The number of hydrogen-bond donors (Lipinski definition) is 1. The van der Waals surface area contributed by atoms with Gasteiger partial charge in [-0.3, -0.25) is 0 Å². The summed E-state index contributed by atoms with van der Waals surface area (Å²) in [6.07, 6.45) is 7.79. The molecule has 0 aromatic heterocycles. The highest BCUT2D eigenvalue weighted by molar-refractivity contribution is 5.79. The molecule has 0 spiro atoms. The Bertz CT molecular complexity index is 482. The zero-order chi connectivity index (χ0) is 17.8. The molecule has 0 aliphatic heterocycles. The summed E-state index contributed by atoms with van der Waals surface area (Å²) < 4.78 is 10.9. The van der Waals surface area contributed by atoms with Gasteiger partial charge in [0.25, 0.3) is 0 Å². The molecule has 0 aliphatic carbocycles. The standard InChI is InChI=1S/C20H32O4/c1-4-23-19(22)20(2,3)24-18-14-11-13-17(16-18)12-9-7-5-6-8-10-15-21/h11,13-14,16,21H,4-10,12,15H2,1-3H3. The summed E-state index contributed by atoms with van der Waals surface area (Å²) >= 11 is 0. The quantitative estimate of drug-likeness (QED) is 0.457. The van der Waals surface area contributed by atoms with Crippen molar-refractivity contribution in [2.75, 3.05) is 13.2 Å². The normalized spacial score (nSPS) is 11.3. The fraction of sp³-hybridized carbons (Fsp3) is 0.650. The lowest BCUT2D eigenvalue weighted by Crippen LogP contribution is -2.39. The summed E-state index contributed by atoms with van der Waals surface area (Å²) in [5, 5.41) is 8.75. The average Bonchev–Trinajstić information content (AvgIpc) is 2.54. The molecule has 0 radical (unpaired) electrons. The predicted octanol–water partition coefficient (Wildman–Crippen LogP) is 4.28. The van der Waals surface area contributed by atoms with Crippen LogP contribution in [0.2, 0.25) is 0 Å². The van der Waals surface area contributed by atoms with E-state index in [2.05, 4.69) is 6.07 Å². The second-order valence-electron chi connectivity index (χ2n) is 6.58. The SMILES string of the molecule is CCOC(=O)C(C)(C)Oc1cccc(CCCCCCCCO)c1. The number of aliphatic hydroxyl groups excluding tert-OH is 1. The minimum Gasteiger partial charge on any atom is -0.476 e. The molecule has 0 aliphatic rings. The zero-order valence-corrected chi connectivity index (χ0v) is 15.3. The van der Waals surface area contributed by atoms with E-state index in [1.54, 1.807) is 20.8 Å². The molecule has 0 saturated heterocycles. The number of esters is 1. The van der Waals surface area contributed by atoms with Crippen LogP contribution in [0.5, 0.6) is 5.75 Å². The van der Waals surface area contributed by atoms with E-state index in [0.717, 1.165) is 25.7 Å². The van der Waals surface area contributed by atoms with E-state index < -0.39 is 5.60 Å². The molecule has 0 saturated carbocycles. The smallest absolute Gasteiger partial charge is 0.349 e. The Morgan fingerprint density at radius 3 is 2.42 bits per heavy atom. The van der Waals surface area contributed by atoms with E-state index in [1.807, 2.05) is 18.2 Å². The van der Waals surface area contributed by atoms with E-state index in [0.29, 0.717) is 19.0 Å². The molecule has 1 aromatic carbocycles. The molecule has 1 aromatic rings. The van der Waals surface area contributed by atoms with Crippen molar-refractivity contribution < 1.29 is 19.4 Å². The number of carbonyl (C=O) groups is 1. The fourth-order valence-corrected chi connectivity index (χ4v) is 2.55. The molecule has 24 heavy (non-hydrogen) atoms. The van der Waals surface area contributed by atoms with Gasteiger partial charge in [-0.2, -0.15) is 0 Å². The number of benzene rings is 1. The van der Waals surface area contributed by atoms with Gasteiger partial charge in [0.05, 0.1) is 6.61 Å². The van der Waals surface area contributed by atoms with E-state index >= 15 is 0 Å². The Morgan fingerprint density at radius 1 is 1.08 bits per heavy atom. The Balaban J connectivity index is 2.42. The topological polar surface area (TPSA) is 55.8 Å². The van der Waals surface area contributed by atoms with Crippen molar-refractivity contribution in [3.63, 3.8) is 0 Å². The number of aryl methyl sites for hydroxylation is 1. The molecule has 0 amide bonds. The van der Waals surface area contributed by atoms with Crippen LogP contribution in [0.4, 0.5) is 0 Å². The maximum Gasteiger partial charge on any atom is 0.349 e. The molecule has 1 rings (SSSR count). The molecule has 0 bridgehead atoms. The number of carbonyl (C=O) groups excluding carboxylic acids is 1. The number of hydrogen-bond acceptors (Lipinski definition) is 4. The van der Waals surface area contributed by atoms with Crippen molar-refractivity contribution >= 4 is 5.97 Å². The highest BCUT2D eigenvalue weighted by Gasteiger charge is 2.31. The summed E-state index contributed by atoms with van der Waals surface area (Å²) in [6.45, 7) is 5.89. The molecule has 1 N–H and O–H groups in total. The van der Waals surface area contributed by atoms with Gasteiger partial charge in [0.1, 0.15) is 5.75 Å². The maximum atomic E-state index is 11.9. The third kappa shape index (κ3) is 7.82. The Hall–Kier alpha value is -1.55. The monoisotopic (exact) mass is 336 g/mol. The van der Waals surface area contributed by atoms with Gasteiger partial charge in [-0.25, -0.2) is 4.79 Å². The summed E-state index contributed by atoms with van der Waals surface area (Å²) in [6, 6.07) is 7.94. The first-order valence-corrected chi connectivity index (χ1v) is 9.05. The van der Waals surface area contributed by atoms with Crippen LogP contribution in [0.25, 0.3) is 0 Å². The van der Waals surface area contributed by atoms with Crippen molar-refractivity contribution in [3.8, 4) is 5.75 Å². The van der Waals surface area contributed by atoms with Gasteiger partial charge in [0.2, 0.25) is 0 Å². The largest absolute Gasteiger partial charge is 0.476 e. The van der Waals surface area contributed by atoms with Crippen molar-refractivity contribution in [3.05, 3.63) is 29.8 Å². The van der Waals surface area contributed by atoms with E-state index in [4.69, 9.17) is 14.6 Å². The van der Waals surface area contributed by atoms with Gasteiger partial charge in [-0.05, 0) is 57.7 Å². The Kier molecular flexibility index (Phi) is 9.46. The summed E-state index contributed by atoms with van der Waals surface area (Å²) in [4.78, 5) is 11.9. The van der Waals surface area contributed by atoms with Crippen LogP contribution in [-0.4, -0.2) is 29.9 Å². The van der Waals surface area contributed by atoms with E-state index in [9.17, 15) is 4.79 Å². The van der Waals surface area contributed by atoms with Gasteiger partial charge in [0.15, 0.2) is 5.60 Å². The zero-order valence-electron chi connectivity index (χ0n) is 15.3. The predicted molar refractivity (Wildman–Crippen MR) is 96.3 cm³/mol. The molecule has 0 heterocycles. The summed E-state index contributed by atoms with van der Waals surface area (Å²) in [7, 11) is 0. The lowest BCUT2D eigenvalue weighted by atomic mass is 10.0. The highest BCUT2D eigenvalue weighted by Crippen LogP contribution is 2.22. The molecule has 4 nitrogen and oxygen atoms in total. The van der Waals surface area contributed by atoms with Crippen LogP contribution in [0, 0.1) is 0 Å². The van der Waals surface area contributed by atoms with Crippen LogP contribution < -0.4 is 4.74 Å². The molecule has 4 heteroatoms. The Morgan fingerprint density at radius 2 is 1.75 bits per heavy atom. The van der Waals surface area contributed by atoms with Gasteiger partial charge in [-0.15, -0.1) is 0 Å². The van der Waals surface area contributed by atoms with Gasteiger partial charge in [0, 0.05) is 6.61 Å². The molecule has 0 fully saturated rings. The molecule has 0 atom stereocenters. The lowest BCUT2D eigenvalue weighted by Gasteiger charge is -2.24. The minimum atomic E-state index is -0.985. The second kappa shape index (κ2) is 11.1. The summed E-state index contributed by atoms with van der Waals surface area (Å²) in [5.74, 6) is 0.354. The van der Waals surface area contributed by atoms with Crippen LogP contribution in [0.1, 0.15) is 64.9 Å². The molecular weight excluding hydrogens is 304 g/mol. The maximum absolute atomic E-state index is 11.9. The van der Waals surface area contributed by atoms with Crippen molar-refractivity contribution in [1.29, 1.82) is 0 Å². The van der Waals surface area contributed by atoms with Crippen molar-refractivity contribution in [2.24, 2.45) is 0 Å². The summed E-state index contributed by atoms with van der Waals surface area (Å²) in [5.41, 5.74) is 0.240. The van der Waals surface area contributed by atoms with Gasteiger partial charge < -0.3 is 14.6 Å². The van der Waals surface area contributed by atoms with E-state index in [1.165, 1.54) is 24.8 Å². The van der Waals surface area contributed by atoms with Gasteiger partial charge in [-0.1, -0.05) is 37.8 Å². The van der Waals surface area contributed by atoms with Crippen molar-refractivity contribution in [1.82, 2.24) is 0 Å². The van der Waals surface area contributed by atoms with Gasteiger partial charge >= 0.3 is 5.97 Å². The molecule has 0 unspecified atom stereocenters. The van der Waals surface area contributed by atoms with E-state index in [-0.39, 0.29) is 5.97 Å². The fourth-order valence-electron chi connectivity index (χ4n) is 2.55. The lowest BCUT2D eigenvalue weighted by molar-refractivity contribution is -0.158. The number of ether oxygens (including phenoxy) is 2. The third-order valence-electron chi connectivity index (χ3n) is 3.91.